The Labute approximate surface area is 148 Å². The van der Waals surface area contributed by atoms with E-state index in [1.165, 1.54) is 0 Å². The number of H-pyrrole nitrogens is 1. The molecule has 0 aliphatic carbocycles. The molecule has 0 bridgehead atoms. The van der Waals surface area contributed by atoms with Crippen LogP contribution in [0.15, 0.2) is 41.6 Å². The number of halogens is 1. The lowest BCUT2D eigenvalue weighted by molar-refractivity contribution is 0.542. The Kier molecular flexibility index (Phi) is 3.78. The van der Waals surface area contributed by atoms with Crippen molar-refractivity contribution in [1.29, 1.82) is 0 Å². The molecule has 4 aromatic heterocycles. The molecule has 1 fully saturated rings. The summed E-state index contributed by atoms with van der Waals surface area (Å²) in [6, 6.07) is 5.97. The van der Waals surface area contributed by atoms with Crippen molar-refractivity contribution >= 4 is 29.1 Å². The molecule has 2 N–H and O–H groups in total. The van der Waals surface area contributed by atoms with Crippen LogP contribution >= 0.6 is 12.4 Å². The van der Waals surface area contributed by atoms with Crippen LogP contribution in [0.1, 0.15) is 12.5 Å². The first-order valence-corrected chi connectivity index (χ1v) is 7.92. The van der Waals surface area contributed by atoms with E-state index in [1.54, 1.807) is 21.5 Å². The van der Waals surface area contributed by atoms with E-state index < -0.39 is 0 Å². The van der Waals surface area contributed by atoms with Crippen LogP contribution < -0.4 is 11.0 Å². The molecule has 8 nitrogen and oxygen atoms in total. The number of nitrogens with zero attached hydrogens (tertiary/aromatic N) is 5. The van der Waals surface area contributed by atoms with E-state index >= 15 is 0 Å². The van der Waals surface area contributed by atoms with Crippen molar-refractivity contribution in [2.45, 2.75) is 12.5 Å². The Morgan fingerprint density at radius 3 is 3.00 bits per heavy atom. The molecule has 128 valence electrons. The highest BCUT2D eigenvalue weighted by atomic mass is 35.5. The van der Waals surface area contributed by atoms with Gasteiger partial charge in [-0.1, -0.05) is 6.07 Å². The first kappa shape index (κ1) is 15.8. The zero-order valence-electron chi connectivity index (χ0n) is 13.2. The normalized spacial score (nSPS) is 17.2. The number of hydrogen-bond donors (Lipinski definition) is 2. The topological polar surface area (TPSA) is 92.9 Å². The van der Waals surface area contributed by atoms with Crippen LogP contribution in [0.25, 0.3) is 28.1 Å². The highest BCUT2D eigenvalue weighted by molar-refractivity contribution is 5.85. The number of fused-ring (bicyclic) bond motifs is 2. The fourth-order valence-electron chi connectivity index (χ4n) is 3.35. The SMILES string of the molecule is Cl.O=c1[nH]c2cnc(-c3cnn4ccccc34)nc2n1[C@H]1CCNC1. The summed E-state index contributed by atoms with van der Waals surface area (Å²) in [5, 5.41) is 7.62. The van der Waals surface area contributed by atoms with Gasteiger partial charge in [0.2, 0.25) is 0 Å². The molecule has 0 aromatic carbocycles. The Hall–Kier alpha value is -2.71. The smallest absolute Gasteiger partial charge is 0.315 e. The molecule has 0 amide bonds. The monoisotopic (exact) mass is 357 g/mol. The molecule has 4 aromatic rings. The molecule has 1 aliphatic rings. The van der Waals surface area contributed by atoms with E-state index in [-0.39, 0.29) is 24.1 Å². The van der Waals surface area contributed by atoms with Gasteiger partial charge in [-0.25, -0.2) is 19.3 Å². The van der Waals surface area contributed by atoms with Crippen molar-refractivity contribution < 1.29 is 0 Å². The third-order valence-corrected chi connectivity index (χ3v) is 4.52. The van der Waals surface area contributed by atoms with Gasteiger partial charge >= 0.3 is 5.69 Å². The average Bonchev–Trinajstić information content (AvgIpc) is 3.31. The number of pyridine rings is 1. The van der Waals surface area contributed by atoms with Gasteiger partial charge in [0.25, 0.3) is 0 Å². The molecule has 1 saturated heterocycles. The predicted octanol–water partition coefficient (Wildman–Crippen LogP) is 1.39. The number of imidazole rings is 1. The fraction of sp³-hybridized carbons (Fsp3) is 0.250. The van der Waals surface area contributed by atoms with Crippen LogP contribution in [-0.4, -0.2) is 42.2 Å². The summed E-state index contributed by atoms with van der Waals surface area (Å²) < 4.78 is 3.53. The van der Waals surface area contributed by atoms with Crippen LogP contribution in [0.3, 0.4) is 0 Å². The standard InChI is InChI=1S/C16H15N7O.ClH/c24-16-20-12-9-18-14(11-8-19-22-6-2-1-3-13(11)22)21-15(12)23(16)10-4-5-17-7-10;/h1-3,6,8-10,17H,4-5,7H2,(H,20,24);1H/t10-;/m0./s1. The molecule has 1 atom stereocenters. The summed E-state index contributed by atoms with van der Waals surface area (Å²) in [6.07, 6.45) is 6.23. The number of aromatic amines is 1. The van der Waals surface area contributed by atoms with Crippen LogP contribution in [-0.2, 0) is 0 Å². The lowest BCUT2D eigenvalue weighted by Gasteiger charge is -2.09. The molecular weight excluding hydrogens is 342 g/mol. The number of hydrogen-bond acceptors (Lipinski definition) is 5. The molecule has 1 aliphatic heterocycles. The summed E-state index contributed by atoms with van der Waals surface area (Å²) in [5.74, 6) is 0.572. The predicted molar refractivity (Wildman–Crippen MR) is 96.1 cm³/mol. The highest BCUT2D eigenvalue weighted by Gasteiger charge is 2.22. The summed E-state index contributed by atoms with van der Waals surface area (Å²) in [4.78, 5) is 24.3. The van der Waals surface area contributed by atoms with E-state index in [0.29, 0.717) is 17.0 Å². The van der Waals surface area contributed by atoms with Gasteiger partial charge in [-0.15, -0.1) is 12.4 Å². The first-order chi connectivity index (χ1) is 11.8. The molecule has 0 spiro atoms. The maximum atomic E-state index is 12.3. The highest BCUT2D eigenvalue weighted by Crippen LogP contribution is 2.24. The Bertz CT molecular complexity index is 1110. The van der Waals surface area contributed by atoms with E-state index in [4.69, 9.17) is 0 Å². The van der Waals surface area contributed by atoms with Crippen molar-refractivity contribution in [1.82, 2.24) is 34.4 Å². The Morgan fingerprint density at radius 2 is 2.16 bits per heavy atom. The van der Waals surface area contributed by atoms with Crippen molar-refractivity contribution in [3.05, 3.63) is 47.3 Å². The van der Waals surface area contributed by atoms with Gasteiger partial charge < -0.3 is 10.3 Å². The van der Waals surface area contributed by atoms with Gasteiger partial charge in [-0.3, -0.25) is 4.57 Å². The largest absolute Gasteiger partial charge is 0.328 e. The van der Waals surface area contributed by atoms with E-state index in [9.17, 15) is 4.79 Å². The minimum absolute atomic E-state index is 0. The quantitative estimate of drug-likeness (QED) is 0.565. The maximum Gasteiger partial charge on any atom is 0.328 e. The van der Waals surface area contributed by atoms with Gasteiger partial charge in [0.05, 0.1) is 29.5 Å². The number of aromatic nitrogens is 6. The van der Waals surface area contributed by atoms with Crippen LogP contribution in [0.4, 0.5) is 0 Å². The fourth-order valence-corrected chi connectivity index (χ4v) is 3.35. The molecule has 9 heteroatoms. The van der Waals surface area contributed by atoms with Crippen LogP contribution in [0.2, 0.25) is 0 Å². The molecule has 0 radical (unpaired) electrons. The summed E-state index contributed by atoms with van der Waals surface area (Å²) in [5.41, 5.74) is 2.96. The van der Waals surface area contributed by atoms with Crippen molar-refractivity contribution in [2.24, 2.45) is 0 Å². The number of nitrogens with one attached hydrogen (secondary N) is 2. The molecule has 25 heavy (non-hydrogen) atoms. The van der Waals surface area contributed by atoms with Gasteiger partial charge in [0.15, 0.2) is 11.5 Å². The first-order valence-electron chi connectivity index (χ1n) is 7.92. The molecule has 5 heterocycles. The second kappa shape index (κ2) is 5.98. The lowest BCUT2D eigenvalue weighted by Crippen LogP contribution is -2.24. The summed E-state index contributed by atoms with van der Waals surface area (Å²) in [6.45, 7) is 1.69. The second-order valence-electron chi connectivity index (χ2n) is 5.97. The number of rotatable bonds is 2. The summed E-state index contributed by atoms with van der Waals surface area (Å²) >= 11 is 0. The van der Waals surface area contributed by atoms with Crippen molar-refractivity contribution in [3.63, 3.8) is 0 Å². The van der Waals surface area contributed by atoms with E-state index in [1.807, 2.05) is 24.4 Å². The van der Waals surface area contributed by atoms with E-state index in [2.05, 4.69) is 25.4 Å². The summed E-state index contributed by atoms with van der Waals surface area (Å²) in [7, 11) is 0. The molecule has 0 unspecified atom stereocenters. The zero-order valence-corrected chi connectivity index (χ0v) is 14.0. The minimum Gasteiger partial charge on any atom is -0.315 e. The molecular formula is C16H16ClN7O. The Morgan fingerprint density at radius 1 is 1.24 bits per heavy atom. The van der Waals surface area contributed by atoms with Gasteiger partial charge in [-0.05, 0) is 25.1 Å². The lowest BCUT2D eigenvalue weighted by atomic mass is 10.2. The average molecular weight is 358 g/mol. The third kappa shape index (κ3) is 2.41. The van der Waals surface area contributed by atoms with Crippen LogP contribution in [0.5, 0.6) is 0 Å². The van der Waals surface area contributed by atoms with Crippen LogP contribution in [0, 0.1) is 0 Å². The Balaban J connectivity index is 0.00000157. The molecule has 0 saturated carbocycles. The molecule has 5 rings (SSSR count). The third-order valence-electron chi connectivity index (χ3n) is 4.52. The zero-order chi connectivity index (χ0) is 16.1. The van der Waals surface area contributed by atoms with Gasteiger partial charge in [0, 0.05) is 12.7 Å². The van der Waals surface area contributed by atoms with Gasteiger partial charge in [-0.2, -0.15) is 5.10 Å². The van der Waals surface area contributed by atoms with Crippen molar-refractivity contribution in [3.8, 4) is 11.4 Å². The van der Waals surface area contributed by atoms with Crippen molar-refractivity contribution in [2.75, 3.05) is 13.1 Å². The second-order valence-corrected chi connectivity index (χ2v) is 5.97. The van der Waals surface area contributed by atoms with E-state index in [0.717, 1.165) is 30.6 Å². The maximum absolute atomic E-state index is 12.3. The minimum atomic E-state index is -0.134. The van der Waals surface area contributed by atoms with Gasteiger partial charge in [0.1, 0.15) is 5.52 Å².